The number of amides is 2. The second-order valence-corrected chi connectivity index (χ2v) is 5.11. The fourth-order valence-corrected chi connectivity index (χ4v) is 2.75. The average molecular weight is 254 g/mol. The fraction of sp³-hybridized carbons (Fsp3) is 0.312. The predicted molar refractivity (Wildman–Crippen MR) is 78.4 cm³/mol. The molecule has 0 atom stereocenters. The van der Waals surface area contributed by atoms with Gasteiger partial charge in [-0.2, -0.15) is 0 Å². The lowest BCUT2D eigenvalue weighted by molar-refractivity contribution is 0.248. The van der Waals surface area contributed by atoms with E-state index in [2.05, 4.69) is 22.8 Å². The largest absolute Gasteiger partial charge is 0.335 e. The molecule has 2 amide bonds. The number of urea groups is 1. The predicted octanol–water partition coefficient (Wildman–Crippen LogP) is 3.90. The number of nitrogens with one attached hydrogen (secondary N) is 2. The molecule has 0 aliphatic heterocycles. The third-order valence-electron chi connectivity index (χ3n) is 3.73. The van der Waals surface area contributed by atoms with Crippen LogP contribution in [-0.2, 0) is 0 Å². The summed E-state index contributed by atoms with van der Waals surface area (Å²) >= 11 is 0. The minimum atomic E-state index is -0.0942. The average Bonchev–Trinajstić information content (AvgIpc) is 2.92. The number of carbonyl (C=O) groups is 1. The molecule has 0 spiro atoms. The Morgan fingerprint density at radius 1 is 1.00 bits per heavy atom. The van der Waals surface area contributed by atoms with Gasteiger partial charge < -0.3 is 10.6 Å². The van der Waals surface area contributed by atoms with E-state index >= 15 is 0 Å². The zero-order valence-electron chi connectivity index (χ0n) is 10.9. The molecule has 0 aromatic heterocycles. The van der Waals surface area contributed by atoms with Crippen molar-refractivity contribution in [2.24, 2.45) is 0 Å². The Morgan fingerprint density at radius 2 is 1.74 bits per heavy atom. The summed E-state index contributed by atoms with van der Waals surface area (Å²) in [5.74, 6) is 0. The quantitative estimate of drug-likeness (QED) is 0.838. The van der Waals surface area contributed by atoms with Gasteiger partial charge in [-0.25, -0.2) is 4.79 Å². The molecule has 0 bridgehead atoms. The van der Waals surface area contributed by atoms with Gasteiger partial charge in [0, 0.05) is 11.4 Å². The number of benzene rings is 2. The van der Waals surface area contributed by atoms with Crippen LogP contribution in [0.5, 0.6) is 0 Å². The minimum absolute atomic E-state index is 0.0942. The lowest BCUT2D eigenvalue weighted by Crippen LogP contribution is -2.36. The summed E-state index contributed by atoms with van der Waals surface area (Å²) in [6.07, 6.45) is 4.64. The van der Waals surface area contributed by atoms with E-state index in [1.54, 1.807) is 0 Å². The van der Waals surface area contributed by atoms with Crippen LogP contribution in [0.3, 0.4) is 0 Å². The smallest absolute Gasteiger partial charge is 0.319 e. The standard InChI is InChI=1S/C16H18N2O/c19-16(17-13-8-2-3-9-13)18-15-11-5-7-12-6-1-4-10-14(12)15/h1,4-7,10-11,13H,2-3,8-9H2,(H2,17,18,19). The topological polar surface area (TPSA) is 41.1 Å². The highest BCUT2D eigenvalue weighted by atomic mass is 16.2. The van der Waals surface area contributed by atoms with Gasteiger partial charge in [-0.1, -0.05) is 49.2 Å². The SMILES string of the molecule is O=C(Nc1cccc2ccccc12)NC1CCCC1. The van der Waals surface area contributed by atoms with Crippen LogP contribution in [0.25, 0.3) is 10.8 Å². The van der Waals surface area contributed by atoms with Gasteiger partial charge in [-0.15, -0.1) is 0 Å². The number of hydrogen-bond acceptors (Lipinski definition) is 1. The van der Waals surface area contributed by atoms with Crippen molar-refractivity contribution < 1.29 is 4.79 Å². The highest BCUT2D eigenvalue weighted by Gasteiger charge is 2.17. The van der Waals surface area contributed by atoms with Gasteiger partial charge in [0.25, 0.3) is 0 Å². The van der Waals surface area contributed by atoms with E-state index in [4.69, 9.17) is 0 Å². The molecule has 1 saturated carbocycles. The Kier molecular flexibility index (Phi) is 3.36. The van der Waals surface area contributed by atoms with Crippen LogP contribution < -0.4 is 10.6 Å². The maximum Gasteiger partial charge on any atom is 0.319 e. The van der Waals surface area contributed by atoms with Crippen molar-refractivity contribution in [1.29, 1.82) is 0 Å². The van der Waals surface area contributed by atoms with E-state index in [1.165, 1.54) is 12.8 Å². The molecule has 2 aromatic rings. The third-order valence-corrected chi connectivity index (χ3v) is 3.73. The van der Waals surface area contributed by atoms with E-state index in [0.717, 1.165) is 29.3 Å². The Labute approximate surface area is 113 Å². The lowest BCUT2D eigenvalue weighted by Gasteiger charge is -2.14. The van der Waals surface area contributed by atoms with E-state index < -0.39 is 0 Å². The van der Waals surface area contributed by atoms with Crippen molar-refractivity contribution in [3.8, 4) is 0 Å². The van der Waals surface area contributed by atoms with Crippen LogP contribution in [-0.4, -0.2) is 12.1 Å². The molecular weight excluding hydrogens is 236 g/mol. The van der Waals surface area contributed by atoms with Crippen molar-refractivity contribution in [2.75, 3.05) is 5.32 Å². The first-order valence-corrected chi connectivity index (χ1v) is 6.88. The van der Waals surface area contributed by atoms with Gasteiger partial charge in [0.15, 0.2) is 0 Å². The lowest BCUT2D eigenvalue weighted by atomic mass is 10.1. The zero-order chi connectivity index (χ0) is 13.1. The molecule has 2 N–H and O–H groups in total. The molecule has 1 aliphatic carbocycles. The second-order valence-electron chi connectivity index (χ2n) is 5.11. The summed E-state index contributed by atoms with van der Waals surface area (Å²) in [5, 5.41) is 8.22. The van der Waals surface area contributed by atoms with E-state index in [0.29, 0.717) is 6.04 Å². The summed E-state index contributed by atoms with van der Waals surface area (Å²) in [6.45, 7) is 0. The number of carbonyl (C=O) groups excluding carboxylic acids is 1. The first-order chi connectivity index (χ1) is 9.33. The molecule has 3 heteroatoms. The number of hydrogen-bond donors (Lipinski definition) is 2. The van der Waals surface area contributed by atoms with E-state index in [1.807, 2.05) is 30.3 Å². The summed E-state index contributed by atoms with van der Waals surface area (Å²) in [6, 6.07) is 14.3. The van der Waals surface area contributed by atoms with Crippen LogP contribution in [0.1, 0.15) is 25.7 Å². The molecule has 3 nitrogen and oxygen atoms in total. The van der Waals surface area contributed by atoms with Crippen molar-refractivity contribution in [3.63, 3.8) is 0 Å². The van der Waals surface area contributed by atoms with Gasteiger partial charge in [0.05, 0.1) is 5.69 Å². The Morgan fingerprint density at radius 3 is 2.58 bits per heavy atom. The maximum absolute atomic E-state index is 12.0. The van der Waals surface area contributed by atoms with Gasteiger partial charge in [-0.05, 0) is 24.3 Å². The number of fused-ring (bicyclic) bond motifs is 1. The molecule has 0 saturated heterocycles. The molecule has 2 aromatic carbocycles. The van der Waals surface area contributed by atoms with Crippen LogP contribution in [0.15, 0.2) is 42.5 Å². The van der Waals surface area contributed by atoms with Crippen molar-refractivity contribution in [1.82, 2.24) is 5.32 Å². The van der Waals surface area contributed by atoms with E-state index in [-0.39, 0.29) is 6.03 Å². The molecule has 0 radical (unpaired) electrons. The Balaban J connectivity index is 1.75. The minimum Gasteiger partial charge on any atom is -0.335 e. The van der Waals surface area contributed by atoms with Crippen molar-refractivity contribution >= 4 is 22.5 Å². The van der Waals surface area contributed by atoms with Crippen molar-refractivity contribution in [3.05, 3.63) is 42.5 Å². The van der Waals surface area contributed by atoms with Crippen LogP contribution >= 0.6 is 0 Å². The highest BCUT2D eigenvalue weighted by Crippen LogP contribution is 2.23. The normalized spacial score (nSPS) is 15.6. The third kappa shape index (κ3) is 2.70. The zero-order valence-corrected chi connectivity index (χ0v) is 10.9. The summed E-state index contributed by atoms with van der Waals surface area (Å²) < 4.78 is 0. The number of anilines is 1. The van der Waals surface area contributed by atoms with Crippen molar-refractivity contribution in [2.45, 2.75) is 31.7 Å². The molecule has 19 heavy (non-hydrogen) atoms. The summed E-state index contributed by atoms with van der Waals surface area (Å²) in [7, 11) is 0. The summed E-state index contributed by atoms with van der Waals surface area (Å²) in [5.41, 5.74) is 0.869. The van der Waals surface area contributed by atoms with Gasteiger partial charge in [0.1, 0.15) is 0 Å². The van der Waals surface area contributed by atoms with Crippen LogP contribution in [0.4, 0.5) is 10.5 Å². The molecule has 1 aliphatic rings. The van der Waals surface area contributed by atoms with E-state index in [9.17, 15) is 4.79 Å². The van der Waals surface area contributed by atoms with Crippen LogP contribution in [0.2, 0.25) is 0 Å². The Bertz CT molecular complexity index is 583. The Hall–Kier alpha value is -2.03. The van der Waals surface area contributed by atoms with Crippen LogP contribution in [0, 0.1) is 0 Å². The molecule has 0 heterocycles. The van der Waals surface area contributed by atoms with Gasteiger partial charge >= 0.3 is 6.03 Å². The molecule has 1 fully saturated rings. The maximum atomic E-state index is 12.0. The monoisotopic (exact) mass is 254 g/mol. The number of rotatable bonds is 2. The molecular formula is C16H18N2O. The summed E-state index contributed by atoms with van der Waals surface area (Å²) in [4.78, 5) is 12.0. The highest BCUT2D eigenvalue weighted by molar-refractivity contribution is 6.01. The first kappa shape index (κ1) is 12.0. The molecule has 0 unspecified atom stereocenters. The molecule has 98 valence electrons. The second kappa shape index (κ2) is 5.31. The van der Waals surface area contributed by atoms with Gasteiger partial charge in [-0.3, -0.25) is 0 Å². The first-order valence-electron chi connectivity index (χ1n) is 6.88. The molecule has 3 rings (SSSR count). The fourth-order valence-electron chi connectivity index (χ4n) is 2.75. The van der Waals surface area contributed by atoms with Gasteiger partial charge in [0.2, 0.25) is 0 Å².